The fourth-order valence-electron chi connectivity index (χ4n) is 5.13. The number of hydrogen-bond acceptors (Lipinski definition) is 5. The van der Waals surface area contributed by atoms with E-state index >= 15 is 0 Å². The maximum absolute atomic E-state index is 9.27. The van der Waals surface area contributed by atoms with E-state index in [0.29, 0.717) is 23.1 Å². The minimum Gasteiger partial charge on any atom is -0.382 e. The number of benzene rings is 2. The molecule has 2 aromatic carbocycles. The summed E-state index contributed by atoms with van der Waals surface area (Å²) in [6.45, 7) is 4.16. The molecule has 0 aromatic heterocycles. The molecule has 1 saturated heterocycles. The summed E-state index contributed by atoms with van der Waals surface area (Å²) in [5, 5.41) is 22.1. The third-order valence-corrected chi connectivity index (χ3v) is 6.82. The van der Waals surface area contributed by atoms with Gasteiger partial charge in [-0.1, -0.05) is 18.2 Å². The highest BCUT2D eigenvalue weighted by Gasteiger charge is 2.36. The zero-order chi connectivity index (χ0) is 20.0. The monoisotopic (exact) mass is 383 g/mol. The Labute approximate surface area is 172 Å². The number of likely N-dealkylation sites (tertiary alicyclic amines) is 1. The molecule has 0 saturated carbocycles. The molecule has 0 aliphatic carbocycles. The molecular weight excluding hydrogens is 358 g/mol. The summed E-state index contributed by atoms with van der Waals surface area (Å²) < 4.78 is 0. The number of anilines is 2. The van der Waals surface area contributed by atoms with Crippen molar-refractivity contribution in [3.63, 3.8) is 0 Å². The SMILES string of the molecule is CN1CCCc2ccc3c(c21)NCC(N1CC(c2ccc(C#N)c(C#N)c2)C1)C3. The van der Waals surface area contributed by atoms with E-state index in [4.69, 9.17) is 5.26 Å². The van der Waals surface area contributed by atoms with Crippen LogP contribution in [0.5, 0.6) is 0 Å². The number of aryl methyl sites for hydroxylation is 1. The first-order valence-corrected chi connectivity index (χ1v) is 10.5. The lowest BCUT2D eigenvalue weighted by Crippen LogP contribution is -2.54. The van der Waals surface area contributed by atoms with Gasteiger partial charge in [-0.3, -0.25) is 4.90 Å². The highest BCUT2D eigenvalue weighted by molar-refractivity contribution is 5.78. The third kappa shape index (κ3) is 3.03. The topological polar surface area (TPSA) is 66.1 Å². The Morgan fingerprint density at radius 3 is 2.62 bits per heavy atom. The van der Waals surface area contributed by atoms with E-state index in [-0.39, 0.29) is 0 Å². The van der Waals surface area contributed by atoms with Crippen LogP contribution in [-0.2, 0) is 12.8 Å². The van der Waals surface area contributed by atoms with Gasteiger partial charge in [0.2, 0.25) is 0 Å². The van der Waals surface area contributed by atoms with Crippen molar-refractivity contribution >= 4 is 11.4 Å². The summed E-state index contributed by atoms with van der Waals surface area (Å²) in [6.07, 6.45) is 3.51. The van der Waals surface area contributed by atoms with Gasteiger partial charge in [-0.2, -0.15) is 10.5 Å². The van der Waals surface area contributed by atoms with Gasteiger partial charge in [0.05, 0.1) is 22.5 Å². The van der Waals surface area contributed by atoms with Crippen LogP contribution in [0.15, 0.2) is 30.3 Å². The second-order valence-electron chi connectivity index (χ2n) is 8.55. The highest BCUT2D eigenvalue weighted by Crippen LogP contribution is 2.40. The van der Waals surface area contributed by atoms with Crippen LogP contribution in [0.3, 0.4) is 0 Å². The maximum Gasteiger partial charge on any atom is 0.101 e. The molecule has 0 amide bonds. The zero-order valence-corrected chi connectivity index (χ0v) is 16.8. The Bertz CT molecular complexity index is 1040. The first-order chi connectivity index (χ1) is 14.2. The van der Waals surface area contributed by atoms with Crippen molar-refractivity contribution in [2.45, 2.75) is 31.2 Å². The van der Waals surface area contributed by atoms with Crippen LogP contribution < -0.4 is 10.2 Å². The molecule has 0 spiro atoms. The molecule has 146 valence electrons. The third-order valence-electron chi connectivity index (χ3n) is 6.82. The van der Waals surface area contributed by atoms with E-state index in [1.165, 1.54) is 40.9 Å². The quantitative estimate of drug-likeness (QED) is 0.862. The highest BCUT2D eigenvalue weighted by atomic mass is 15.2. The first kappa shape index (κ1) is 18.0. The van der Waals surface area contributed by atoms with E-state index in [1.54, 1.807) is 6.07 Å². The molecule has 0 radical (unpaired) electrons. The lowest BCUT2D eigenvalue weighted by molar-refractivity contribution is 0.0955. The molecule has 5 nitrogen and oxygen atoms in total. The van der Waals surface area contributed by atoms with Crippen LogP contribution in [0.2, 0.25) is 0 Å². The van der Waals surface area contributed by atoms with E-state index in [2.05, 4.69) is 46.4 Å². The first-order valence-electron chi connectivity index (χ1n) is 10.5. The molecule has 5 heteroatoms. The Hall–Kier alpha value is -3.02. The van der Waals surface area contributed by atoms with Crippen LogP contribution in [0.25, 0.3) is 0 Å². The Morgan fingerprint density at radius 1 is 1.03 bits per heavy atom. The van der Waals surface area contributed by atoms with Crippen LogP contribution in [0.1, 0.15) is 40.2 Å². The second-order valence-corrected chi connectivity index (χ2v) is 8.55. The molecule has 29 heavy (non-hydrogen) atoms. The van der Waals surface area contributed by atoms with Crippen LogP contribution in [-0.4, -0.2) is 44.2 Å². The average molecular weight is 383 g/mol. The molecule has 1 atom stereocenters. The second kappa shape index (κ2) is 7.10. The predicted octanol–water partition coefficient (Wildman–Crippen LogP) is 3.25. The normalized spacial score (nSPS) is 21.2. The van der Waals surface area contributed by atoms with Gasteiger partial charge >= 0.3 is 0 Å². The number of hydrogen-bond donors (Lipinski definition) is 1. The van der Waals surface area contributed by atoms with Gasteiger partial charge in [-0.25, -0.2) is 0 Å². The molecule has 3 heterocycles. The average Bonchev–Trinajstić information content (AvgIpc) is 2.72. The van der Waals surface area contributed by atoms with Crippen molar-refractivity contribution in [3.05, 3.63) is 58.1 Å². The van der Waals surface area contributed by atoms with E-state index in [1.807, 2.05) is 12.1 Å². The summed E-state index contributed by atoms with van der Waals surface area (Å²) in [6, 6.07) is 15.1. The largest absolute Gasteiger partial charge is 0.382 e. The Morgan fingerprint density at radius 2 is 1.83 bits per heavy atom. The van der Waals surface area contributed by atoms with Gasteiger partial charge < -0.3 is 10.2 Å². The number of nitrogens with one attached hydrogen (secondary N) is 1. The lowest BCUT2D eigenvalue weighted by Gasteiger charge is -2.47. The minimum absolute atomic E-state index is 0.450. The fraction of sp³-hybridized carbons (Fsp3) is 0.417. The Balaban J connectivity index is 1.28. The van der Waals surface area contributed by atoms with Crippen LogP contribution >= 0.6 is 0 Å². The maximum atomic E-state index is 9.27. The standard InChI is InChI=1S/C24H25N5/c1-28-8-2-3-16-4-6-18-10-22(13-27-23(18)24(16)28)29-14-21(15-29)17-5-7-19(11-25)20(9-17)12-26/h4-7,9,21-22,27H,2-3,8,10,13-15H2,1H3. The van der Waals surface area contributed by atoms with Crippen molar-refractivity contribution in [1.29, 1.82) is 10.5 Å². The molecular formula is C24H25N5. The van der Waals surface area contributed by atoms with Crippen molar-refractivity contribution in [2.24, 2.45) is 0 Å². The predicted molar refractivity (Wildman–Crippen MR) is 114 cm³/mol. The number of fused-ring (bicyclic) bond motifs is 3. The van der Waals surface area contributed by atoms with E-state index in [0.717, 1.165) is 32.6 Å². The number of nitriles is 2. The van der Waals surface area contributed by atoms with Gasteiger partial charge in [0, 0.05) is 45.2 Å². The van der Waals surface area contributed by atoms with Crippen LogP contribution in [0.4, 0.5) is 11.4 Å². The van der Waals surface area contributed by atoms with Gasteiger partial charge in [0.25, 0.3) is 0 Å². The lowest BCUT2D eigenvalue weighted by atomic mass is 9.85. The van der Waals surface area contributed by atoms with Crippen molar-refractivity contribution in [2.75, 3.05) is 43.4 Å². The number of nitrogens with zero attached hydrogens (tertiary/aromatic N) is 4. The summed E-state index contributed by atoms with van der Waals surface area (Å²) in [5.41, 5.74) is 7.80. The van der Waals surface area contributed by atoms with Gasteiger partial charge in [-0.15, -0.1) is 0 Å². The molecule has 1 fully saturated rings. The van der Waals surface area contributed by atoms with Crippen molar-refractivity contribution in [3.8, 4) is 12.1 Å². The number of rotatable bonds is 2. The van der Waals surface area contributed by atoms with Gasteiger partial charge in [-0.05, 0) is 48.1 Å². The molecule has 0 bridgehead atoms. The molecule has 2 aromatic rings. The summed E-state index contributed by atoms with van der Waals surface area (Å²) in [7, 11) is 2.21. The summed E-state index contributed by atoms with van der Waals surface area (Å²) >= 11 is 0. The fourth-order valence-corrected chi connectivity index (χ4v) is 5.13. The smallest absolute Gasteiger partial charge is 0.101 e. The van der Waals surface area contributed by atoms with E-state index in [9.17, 15) is 5.26 Å². The Kier molecular flexibility index (Phi) is 4.42. The minimum atomic E-state index is 0.450. The molecule has 5 rings (SSSR count). The van der Waals surface area contributed by atoms with Gasteiger partial charge in [0.15, 0.2) is 0 Å². The van der Waals surface area contributed by atoms with Crippen molar-refractivity contribution < 1.29 is 0 Å². The van der Waals surface area contributed by atoms with Crippen molar-refractivity contribution in [1.82, 2.24) is 4.90 Å². The zero-order valence-electron chi connectivity index (χ0n) is 16.8. The van der Waals surface area contributed by atoms with Crippen LogP contribution in [0, 0.1) is 22.7 Å². The summed E-state index contributed by atoms with van der Waals surface area (Å²) in [4.78, 5) is 4.95. The molecule has 1 N–H and O–H groups in total. The van der Waals surface area contributed by atoms with Gasteiger partial charge in [0.1, 0.15) is 12.1 Å². The molecule has 1 unspecified atom stereocenters. The molecule has 3 aliphatic rings. The summed E-state index contributed by atoms with van der Waals surface area (Å²) in [5.74, 6) is 0.450. The molecule has 3 aliphatic heterocycles. The van der Waals surface area contributed by atoms with E-state index < -0.39 is 0 Å².